The van der Waals surface area contributed by atoms with E-state index in [0.717, 1.165) is 4.57 Å². The topological polar surface area (TPSA) is 127 Å². The van der Waals surface area contributed by atoms with E-state index < -0.39 is 17.2 Å². The summed E-state index contributed by atoms with van der Waals surface area (Å²) >= 11 is 6.09. The van der Waals surface area contributed by atoms with Crippen molar-refractivity contribution in [1.82, 2.24) is 24.7 Å². The minimum atomic E-state index is -1.70. The van der Waals surface area contributed by atoms with Gasteiger partial charge in [-0.2, -0.15) is 10.1 Å². The molecule has 0 unspecified atom stereocenters. The summed E-state index contributed by atoms with van der Waals surface area (Å²) in [5, 5.41) is 21.4. The Labute approximate surface area is 200 Å². The van der Waals surface area contributed by atoms with Gasteiger partial charge in [-0.15, -0.1) is 0 Å². The summed E-state index contributed by atoms with van der Waals surface area (Å²) in [5.41, 5.74) is -0.0798. The molecule has 1 aliphatic rings. The number of H-pyrrole nitrogens is 1. The number of fused-ring (bicyclic) bond motifs is 4. The molecule has 3 N–H and O–H groups in total. The average Bonchev–Trinajstić information content (AvgIpc) is 3.35. The Bertz CT molecular complexity index is 1670. The molecule has 0 saturated heterocycles. The number of para-hydroxylation sites is 2. The Morgan fingerprint density at radius 1 is 1.20 bits per heavy atom. The van der Waals surface area contributed by atoms with Crippen molar-refractivity contribution in [2.45, 2.75) is 5.79 Å². The maximum absolute atomic E-state index is 14.8. The Balaban J connectivity index is 1.42. The summed E-state index contributed by atoms with van der Waals surface area (Å²) in [5.74, 6) is -1.36. The van der Waals surface area contributed by atoms with Crippen molar-refractivity contribution in [2.75, 3.05) is 18.5 Å². The van der Waals surface area contributed by atoms with E-state index in [9.17, 15) is 14.3 Å². The van der Waals surface area contributed by atoms with Crippen LogP contribution >= 0.6 is 11.6 Å². The van der Waals surface area contributed by atoms with Gasteiger partial charge in [0.15, 0.2) is 23.8 Å². The van der Waals surface area contributed by atoms with Crippen LogP contribution in [-0.4, -0.2) is 48.8 Å². The molecule has 0 bridgehead atoms. The van der Waals surface area contributed by atoms with Gasteiger partial charge in [-0.05, 0) is 30.3 Å². The van der Waals surface area contributed by atoms with E-state index >= 15 is 0 Å². The molecule has 0 radical (unpaired) electrons. The number of aromatic nitrogens is 5. The summed E-state index contributed by atoms with van der Waals surface area (Å²) < 4.78 is 27.2. The molecule has 4 heterocycles. The molecule has 6 rings (SSSR count). The Morgan fingerprint density at radius 2 is 2.03 bits per heavy atom. The molecular weight excluding hydrogens is 479 g/mol. The third kappa shape index (κ3) is 3.61. The molecule has 0 spiro atoms. The average molecular weight is 495 g/mol. The first-order valence-corrected chi connectivity index (χ1v) is 10.9. The molecular formula is C23H16ClFN6O4. The number of nitrogens with zero attached hydrogens (tertiary/aromatic N) is 4. The van der Waals surface area contributed by atoms with Crippen LogP contribution in [-0.2, 0) is 0 Å². The molecule has 10 nitrogen and oxygen atoms in total. The number of nitrogens with one attached hydrogen (secondary N) is 2. The first-order chi connectivity index (χ1) is 16.9. The summed E-state index contributed by atoms with van der Waals surface area (Å²) in [7, 11) is 0. The van der Waals surface area contributed by atoms with Crippen molar-refractivity contribution >= 4 is 39.5 Å². The third-order valence-electron chi connectivity index (χ3n) is 5.60. The van der Waals surface area contributed by atoms with Crippen LogP contribution < -0.4 is 20.3 Å². The maximum Gasteiger partial charge on any atom is 0.267 e. The lowest BCUT2D eigenvalue weighted by Gasteiger charge is -2.33. The molecule has 3 aromatic heterocycles. The number of aromatic amines is 1. The number of aliphatic hydroxyl groups is 1. The lowest BCUT2D eigenvalue weighted by atomic mass is 10.2. The molecule has 1 atom stereocenters. The molecule has 0 fully saturated rings. The summed E-state index contributed by atoms with van der Waals surface area (Å²) in [6.07, 6.45) is 2.83. The van der Waals surface area contributed by atoms with Gasteiger partial charge in [0, 0.05) is 11.2 Å². The lowest BCUT2D eigenvalue weighted by Crippen LogP contribution is -2.50. The second-order valence-electron chi connectivity index (χ2n) is 7.96. The number of hydrogen-bond donors (Lipinski definition) is 3. The monoisotopic (exact) mass is 494 g/mol. The highest BCUT2D eigenvalue weighted by Gasteiger charge is 2.35. The summed E-state index contributed by atoms with van der Waals surface area (Å²) in [6.45, 7) is -0.257. The Morgan fingerprint density at radius 3 is 2.89 bits per heavy atom. The fourth-order valence-corrected chi connectivity index (χ4v) is 4.10. The van der Waals surface area contributed by atoms with E-state index in [1.807, 2.05) is 0 Å². The summed E-state index contributed by atoms with van der Waals surface area (Å²) in [4.78, 5) is 22.0. The molecule has 176 valence electrons. The van der Waals surface area contributed by atoms with Crippen LogP contribution in [0, 0.1) is 5.82 Å². The highest BCUT2D eigenvalue weighted by atomic mass is 35.5. The van der Waals surface area contributed by atoms with Gasteiger partial charge in [0.05, 0.1) is 34.7 Å². The minimum absolute atomic E-state index is 0.0699. The third-order valence-corrected chi connectivity index (χ3v) is 5.83. The largest absolute Gasteiger partial charge is 0.483 e. The fourth-order valence-electron chi connectivity index (χ4n) is 3.94. The highest BCUT2D eigenvalue weighted by molar-refractivity contribution is 6.30. The van der Waals surface area contributed by atoms with Crippen molar-refractivity contribution in [2.24, 2.45) is 0 Å². The van der Waals surface area contributed by atoms with Crippen LogP contribution in [0.4, 0.5) is 10.3 Å². The molecule has 0 amide bonds. The van der Waals surface area contributed by atoms with Gasteiger partial charge in [-0.1, -0.05) is 23.7 Å². The second-order valence-corrected chi connectivity index (χ2v) is 8.40. The van der Waals surface area contributed by atoms with Crippen molar-refractivity contribution in [3.63, 3.8) is 0 Å². The van der Waals surface area contributed by atoms with Crippen molar-refractivity contribution in [1.29, 1.82) is 0 Å². The van der Waals surface area contributed by atoms with Crippen molar-refractivity contribution in [3.05, 3.63) is 76.1 Å². The maximum atomic E-state index is 14.8. The van der Waals surface area contributed by atoms with E-state index in [2.05, 4.69) is 25.5 Å². The predicted octanol–water partition coefficient (Wildman–Crippen LogP) is 3.02. The number of benzene rings is 2. The van der Waals surface area contributed by atoms with E-state index in [1.54, 1.807) is 24.3 Å². The SMILES string of the molecule is O=c1c2cn[nH]c2c2cnc(NC[C@@]3(O)COc4ccccc4O3)nc2n1-c1cc(Cl)ccc1F. The smallest absolute Gasteiger partial charge is 0.267 e. The van der Waals surface area contributed by atoms with Crippen LogP contribution in [0.3, 0.4) is 0 Å². The molecule has 2 aromatic carbocycles. The van der Waals surface area contributed by atoms with E-state index in [-0.39, 0.29) is 40.8 Å². The lowest BCUT2D eigenvalue weighted by molar-refractivity contribution is -0.163. The van der Waals surface area contributed by atoms with E-state index in [1.165, 1.54) is 30.6 Å². The number of anilines is 1. The van der Waals surface area contributed by atoms with Gasteiger partial charge in [0.25, 0.3) is 11.3 Å². The standard InChI is InChI=1S/C23H16ClFN6O4/c24-12-5-6-15(25)16(7-12)31-20-13(19-14(21(31)32)9-28-30-19)8-26-22(29-20)27-10-23(33)11-34-17-3-1-2-4-18(17)35-23/h1-9,33H,10-11H2,(H,28,30)(H,26,27,29)/t23-/m0/s1. The first-order valence-electron chi connectivity index (χ1n) is 10.5. The number of halogens is 2. The van der Waals surface area contributed by atoms with Crippen molar-refractivity contribution < 1.29 is 19.0 Å². The molecule has 0 aliphatic carbocycles. The molecule has 5 aromatic rings. The number of rotatable bonds is 4. The fraction of sp³-hybridized carbons (Fsp3) is 0.130. The van der Waals surface area contributed by atoms with Crippen LogP contribution in [0.2, 0.25) is 5.02 Å². The van der Waals surface area contributed by atoms with E-state index in [4.69, 9.17) is 21.1 Å². The number of hydrogen-bond acceptors (Lipinski definition) is 8. The minimum Gasteiger partial charge on any atom is -0.483 e. The van der Waals surface area contributed by atoms with E-state index in [0.29, 0.717) is 22.4 Å². The molecule has 0 saturated carbocycles. The zero-order chi connectivity index (χ0) is 24.2. The van der Waals surface area contributed by atoms with Crippen LogP contribution in [0.5, 0.6) is 11.5 Å². The zero-order valence-electron chi connectivity index (χ0n) is 17.8. The van der Waals surface area contributed by atoms with Crippen LogP contribution in [0.25, 0.3) is 27.6 Å². The normalized spacial score (nSPS) is 17.1. The summed E-state index contributed by atoms with van der Waals surface area (Å²) in [6, 6.07) is 10.9. The second kappa shape index (κ2) is 7.93. The van der Waals surface area contributed by atoms with Gasteiger partial charge in [0.1, 0.15) is 5.82 Å². The van der Waals surface area contributed by atoms with Gasteiger partial charge in [-0.3, -0.25) is 14.5 Å². The highest BCUT2D eigenvalue weighted by Crippen LogP contribution is 2.34. The van der Waals surface area contributed by atoms with Crippen molar-refractivity contribution in [3.8, 4) is 17.2 Å². The Kier molecular flexibility index (Phi) is 4.83. The Hall–Kier alpha value is -4.22. The van der Waals surface area contributed by atoms with Crippen LogP contribution in [0.1, 0.15) is 0 Å². The number of pyridine rings is 1. The molecule has 12 heteroatoms. The van der Waals surface area contributed by atoms with Gasteiger partial charge < -0.3 is 19.9 Å². The van der Waals surface area contributed by atoms with Crippen LogP contribution in [0.15, 0.2) is 59.7 Å². The quantitative estimate of drug-likeness (QED) is 0.348. The van der Waals surface area contributed by atoms with Gasteiger partial charge in [0.2, 0.25) is 5.95 Å². The molecule has 1 aliphatic heterocycles. The zero-order valence-corrected chi connectivity index (χ0v) is 18.6. The number of ether oxygens (including phenoxy) is 2. The first kappa shape index (κ1) is 21.3. The van der Waals surface area contributed by atoms with Gasteiger partial charge in [-0.25, -0.2) is 9.37 Å². The van der Waals surface area contributed by atoms with Gasteiger partial charge >= 0.3 is 0 Å². The predicted molar refractivity (Wildman–Crippen MR) is 126 cm³/mol. The molecule has 35 heavy (non-hydrogen) atoms.